The molecule has 0 fully saturated rings. The van der Waals surface area contributed by atoms with E-state index >= 15 is 0 Å². The van der Waals surface area contributed by atoms with E-state index in [9.17, 15) is 0 Å². The Hall–Kier alpha value is -3.54. The molecular formula is C20H17N5O. The second-order valence-electron chi connectivity index (χ2n) is 5.65. The third-order valence-electron chi connectivity index (χ3n) is 3.93. The molecule has 3 aromatic heterocycles. The van der Waals surface area contributed by atoms with Crippen molar-refractivity contribution in [2.24, 2.45) is 0 Å². The molecule has 0 bridgehead atoms. The van der Waals surface area contributed by atoms with E-state index < -0.39 is 0 Å². The van der Waals surface area contributed by atoms with Crippen LogP contribution in [0.3, 0.4) is 0 Å². The molecule has 3 heterocycles. The van der Waals surface area contributed by atoms with E-state index in [1.807, 2.05) is 61.5 Å². The molecule has 0 aliphatic heterocycles. The van der Waals surface area contributed by atoms with E-state index in [2.05, 4.69) is 15.0 Å². The zero-order valence-electron chi connectivity index (χ0n) is 14.3. The summed E-state index contributed by atoms with van der Waals surface area (Å²) in [5.41, 5.74) is 10.5. The van der Waals surface area contributed by atoms with Gasteiger partial charge in [-0.05, 0) is 31.2 Å². The first-order chi connectivity index (χ1) is 12.8. The molecule has 0 aliphatic rings. The van der Waals surface area contributed by atoms with E-state index in [1.165, 1.54) is 0 Å². The van der Waals surface area contributed by atoms with E-state index in [1.54, 1.807) is 6.20 Å². The highest BCUT2D eigenvalue weighted by molar-refractivity contribution is 5.91. The third-order valence-corrected chi connectivity index (χ3v) is 3.93. The normalized spacial score (nSPS) is 10.8. The van der Waals surface area contributed by atoms with E-state index in [4.69, 9.17) is 15.5 Å². The average molecular weight is 343 g/mol. The number of nitrogens with two attached hydrogens (primary N) is 1. The molecule has 4 rings (SSSR count). The first-order valence-corrected chi connectivity index (χ1v) is 8.34. The van der Waals surface area contributed by atoms with Gasteiger partial charge in [0.15, 0.2) is 0 Å². The van der Waals surface area contributed by atoms with Gasteiger partial charge in [-0.25, -0.2) is 19.9 Å². The SMILES string of the molecule is CCOc1ncccc1-c1ccc2nc(N)nc(-c3ccccc3)c2n1. The number of ether oxygens (including phenoxy) is 1. The Kier molecular flexibility index (Phi) is 4.15. The van der Waals surface area contributed by atoms with Gasteiger partial charge in [0.1, 0.15) is 11.2 Å². The van der Waals surface area contributed by atoms with Crippen LogP contribution in [0.2, 0.25) is 0 Å². The predicted octanol–water partition coefficient (Wildman–Crippen LogP) is 3.73. The third kappa shape index (κ3) is 2.93. The Balaban J connectivity index is 1.94. The highest BCUT2D eigenvalue weighted by Gasteiger charge is 2.14. The smallest absolute Gasteiger partial charge is 0.222 e. The molecule has 0 saturated carbocycles. The molecule has 0 spiro atoms. The summed E-state index contributed by atoms with van der Waals surface area (Å²) in [6.07, 6.45) is 1.70. The molecule has 0 atom stereocenters. The van der Waals surface area contributed by atoms with E-state index in [-0.39, 0.29) is 5.95 Å². The van der Waals surface area contributed by atoms with E-state index in [0.717, 1.165) is 16.8 Å². The lowest BCUT2D eigenvalue weighted by atomic mass is 10.1. The van der Waals surface area contributed by atoms with Crippen LogP contribution in [0.15, 0.2) is 60.8 Å². The maximum Gasteiger partial charge on any atom is 0.222 e. The van der Waals surface area contributed by atoms with Gasteiger partial charge in [-0.1, -0.05) is 30.3 Å². The fourth-order valence-corrected chi connectivity index (χ4v) is 2.82. The Morgan fingerprint density at radius 2 is 1.77 bits per heavy atom. The number of fused-ring (bicyclic) bond motifs is 1. The fraction of sp³-hybridized carbons (Fsp3) is 0.100. The summed E-state index contributed by atoms with van der Waals surface area (Å²) in [6.45, 7) is 2.46. The Labute approximate surface area is 150 Å². The summed E-state index contributed by atoms with van der Waals surface area (Å²) in [6, 6.07) is 17.4. The maximum atomic E-state index is 5.89. The highest BCUT2D eigenvalue weighted by atomic mass is 16.5. The molecule has 128 valence electrons. The van der Waals surface area contributed by atoms with E-state index in [0.29, 0.717) is 29.2 Å². The lowest BCUT2D eigenvalue weighted by Gasteiger charge is -2.10. The minimum Gasteiger partial charge on any atom is -0.477 e. The van der Waals surface area contributed by atoms with Crippen LogP contribution < -0.4 is 10.5 Å². The number of rotatable bonds is 4. The minimum atomic E-state index is 0.224. The number of hydrogen-bond donors (Lipinski definition) is 1. The molecule has 0 aliphatic carbocycles. The van der Waals surface area contributed by atoms with Gasteiger partial charge < -0.3 is 10.5 Å². The van der Waals surface area contributed by atoms with Gasteiger partial charge in [-0.3, -0.25) is 0 Å². The molecule has 6 heteroatoms. The van der Waals surface area contributed by atoms with Crippen molar-refractivity contribution in [1.29, 1.82) is 0 Å². The van der Waals surface area contributed by atoms with Gasteiger partial charge in [0.05, 0.1) is 23.4 Å². The zero-order valence-corrected chi connectivity index (χ0v) is 14.3. The number of nitrogens with zero attached hydrogens (tertiary/aromatic N) is 4. The maximum absolute atomic E-state index is 5.89. The standard InChI is InChI=1S/C20H17N5O/c1-2-26-19-14(9-6-12-22-19)15-10-11-16-18(23-15)17(25-20(21)24-16)13-7-4-3-5-8-13/h3-12H,2H2,1H3,(H2,21,24,25). The van der Waals surface area contributed by atoms with Crippen LogP contribution in [-0.4, -0.2) is 26.5 Å². The lowest BCUT2D eigenvalue weighted by Crippen LogP contribution is -2.01. The van der Waals surface area contributed by atoms with Crippen molar-refractivity contribution in [3.05, 3.63) is 60.8 Å². The second kappa shape index (κ2) is 6.76. The van der Waals surface area contributed by atoms with Crippen LogP contribution in [0, 0.1) is 0 Å². The first kappa shape index (κ1) is 16.0. The molecule has 0 radical (unpaired) electrons. The molecule has 0 amide bonds. The highest BCUT2D eigenvalue weighted by Crippen LogP contribution is 2.31. The number of pyridine rings is 2. The molecule has 26 heavy (non-hydrogen) atoms. The molecule has 0 saturated heterocycles. The zero-order chi connectivity index (χ0) is 17.9. The summed E-state index contributed by atoms with van der Waals surface area (Å²) < 4.78 is 5.64. The average Bonchev–Trinajstić information content (AvgIpc) is 2.68. The summed E-state index contributed by atoms with van der Waals surface area (Å²) in [5, 5.41) is 0. The monoisotopic (exact) mass is 343 g/mol. The quantitative estimate of drug-likeness (QED) is 0.607. The molecule has 6 nitrogen and oxygen atoms in total. The molecule has 4 aromatic rings. The first-order valence-electron chi connectivity index (χ1n) is 8.34. The van der Waals surface area contributed by atoms with Crippen LogP contribution >= 0.6 is 0 Å². The van der Waals surface area contributed by atoms with Crippen LogP contribution in [0.1, 0.15) is 6.92 Å². The van der Waals surface area contributed by atoms with Gasteiger partial charge in [-0.2, -0.15) is 0 Å². The lowest BCUT2D eigenvalue weighted by molar-refractivity contribution is 0.328. The van der Waals surface area contributed by atoms with Crippen molar-refractivity contribution in [3.63, 3.8) is 0 Å². The molecule has 0 unspecified atom stereocenters. The number of anilines is 1. The summed E-state index contributed by atoms with van der Waals surface area (Å²) >= 11 is 0. The molecule has 2 N–H and O–H groups in total. The largest absolute Gasteiger partial charge is 0.477 e. The van der Waals surface area contributed by atoms with Crippen molar-refractivity contribution in [3.8, 4) is 28.4 Å². The molecule has 1 aromatic carbocycles. The number of aromatic nitrogens is 4. The van der Waals surface area contributed by atoms with Crippen molar-refractivity contribution in [2.45, 2.75) is 6.92 Å². The number of nitrogen functional groups attached to an aromatic ring is 1. The summed E-state index contributed by atoms with van der Waals surface area (Å²) in [4.78, 5) is 17.8. The summed E-state index contributed by atoms with van der Waals surface area (Å²) in [7, 11) is 0. The Bertz CT molecular complexity index is 1070. The Morgan fingerprint density at radius 1 is 0.923 bits per heavy atom. The van der Waals surface area contributed by atoms with Gasteiger partial charge >= 0.3 is 0 Å². The summed E-state index contributed by atoms with van der Waals surface area (Å²) in [5.74, 6) is 0.779. The van der Waals surface area contributed by atoms with Gasteiger partial charge in [0, 0.05) is 11.8 Å². The number of benzene rings is 1. The van der Waals surface area contributed by atoms with Gasteiger partial charge in [-0.15, -0.1) is 0 Å². The Morgan fingerprint density at radius 3 is 2.58 bits per heavy atom. The number of hydrogen-bond acceptors (Lipinski definition) is 6. The van der Waals surface area contributed by atoms with Crippen LogP contribution in [0.4, 0.5) is 5.95 Å². The topological polar surface area (TPSA) is 86.8 Å². The molecular weight excluding hydrogens is 326 g/mol. The predicted molar refractivity (Wildman–Crippen MR) is 102 cm³/mol. The van der Waals surface area contributed by atoms with Gasteiger partial charge in [0.2, 0.25) is 11.8 Å². The van der Waals surface area contributed by atoms with Crippen LogP contribution in [0.25, 0.3) is 33.5 Å². The van der Waals surface area contributed by atoms with Crippen LogP contribution in [0.5, 0.6) is 5.88 Å². The van der Waals surface area contributed by atoms with Crippen molar-refractivity contribution in [2.75, 3.05) is 12.3 Å². The minimum absolute atomic E-state index is 0.224. The van der Waals surface area contributed by atoms with Crippen molar-refractivity contribution < 1.29 is 4.74 Å². The van der Waals surface area contributed by atoms with Crippen LogP contribution in [-0.2, 0) is 0 Å². The van der Waals surface area contributed by atoms with Crippen molar-refractivity contribution >= 4 is 17.0 Å². The van der Waals surface area contributed by atoms with Gasteiger partial charge in [0.25, 0.3) is 0 Å². The second-order valence-corrected chi connectivity index (χ2v) is 5.65. The van der Waals surface area contributed by atoms with Crippen molar-refractivity contribution in [1.82, 2.24) is 19.9 Å². The fourth-order valence-electron chi connectivity index (χ4n) is 2.82.